The Hall–Kier alpha value is -2.77. The number of alkyl carbamates (subject to hydrolysis) is 1. The number of cyclic esters (lactones) is 1. The number of ether oxygens (including phenoxy) is 5. The Balaban J connectivity index is 1.77. The zero-order valence-corrected chi connectivity index (χ0v) is 31.3. The Morgan fingerprint density at radius 3 is 2.52 bits per heavy atom. The molecular weight excluding hydrogens is 644 g/mol. The Morgan fingerprint density at radius 2 is 1.88 bits per heavy atom. The lowest BCUT2D eigenvalue weighted by Crippen LogP contribution is -2.42. The third kappa shape index (κ3) is 12.8. The summed E-state index contributed by atoms with van der Waals surface area (Å²) in [4.78, 5) is 40.0. The molecular formula is C38H62N2O10. The van der Waals surface area contributed by atoms with Gasteiger partial charge in [0.25, 0.3) is 0 Å². The number of hydrogen-bond acceptors (Lipinski definition) is 11. The van der Waals surface area contributed by atoms with E-state index in [2.05, 4.69) is 24.1 Å². The minimum Gasteiger partial charge on any atom is -0.457 e. The van der Waals surface area contributed by atoms with Gasteiger partial charge in [0.1, 0.15) is 30.0 Å². The van der Waals surface area contributed by atoms with Crippen molar-refractivity contribution in [2.24, 2.45) is 17.8 Å². The fourth-order valence-electron chi connectivity index (χ4n) is 6.97. The number of aliphatic hydroxyl groups is 2. The molecule has 0 aromatic heterocycles. The molecule has 2 fully saturated rings. The first-order valence-electron chi connectivity index (χ1n) is 18.3. The molecule has 0 spiro atoms. The van der Waals surface area contributed by atoms with E-state index in [4.69, 9.17) is 23.7 Å². The number of nitrogens with zero attached hydrogens (tertiary/aromatic N) is 1. The van der Waals surface area contributed by atoms with Gasteiger partial charge in [0.15, 0.2) is 0 Å². The van der Waals surface area contributed by atoms with Gasteiger partial charge in [-0.1, -0.05) is 52.0 Å². The third-order valence-corrected chi connectivity index (χ3v) is 10.2. The van der Waals surface area contributed by atoms with Crippen LogP contribution >= 0.6 is 0 Å². The van der Waals surface area contributed by atoms with Crippen molar-refractivity contribution in [2.45, 2.75) is 135 Å². The van der Waals surface area contributed by atoms with Crippen LogP contribution in [-0.2, 0) is 33.3 Å². The van der Waals surface area contributed by atoms with Crippen molar-refractivity contribution in [3.8, 4) is 0 Å². The normalized spacial score (nSPS) is 32.9. The SMILES string of the molecule is CCC(OC)C(C)C1OC1C(OC(=O)NCCN1CCCC1)C(C)/C=C/C=C(\C)C1OC(=O)CC(O)CCC(C)(O)C(OC(C)=O)/C=C/C1C. The molecule has 11 unspecified atom stereocenters. The van der Waals surface area contributed by atoms with Crippen LogP contribution in [0, 0.1) is 17.8 Å². The molecule has 0 radical (unpaired) electrons. The molecule has 3 aliphatic rings. The summed E-state index contributed by atoms with van der Waals surface area (Å²) in [7, 11) is 1.70. The standard InChI is InChI=1S/C38H62N2O10/c1-9-30(46-8)27(5)35-36(49-35)34(50-37(44)39-19-22-40-20-10-11-21-40)25(3)14-12-13-24(2)33-26(4)15-16-31(47-28(6)41)38(7,45)18-17-29(42)23-32(43)48-33/h12-16,25-27,29-31,33-36,42,45H,9-11,17-23H2,1-8H3,(H,39,44)/b14-12+,16-15+,24-13+. The van der Waals surface area contributed by atoms with Gasteiger partial charge >= 0.3 is 18.0 Å². The van der Waals surface area contributed by atoms with Gasteiger partial charge in [0.05, 0.1) is 24.7 Å². The lowest BCUT2D eigenvalue weighted by molar-refractivity contribution is -0.157. The summed E-state index contributed by atoms with van der Waals surface area (Å²) in [6, 6.07) is 0. The molecule has 12 heteroatoms. The molecule has 3 rings (SSSR count). The largest absolute Gasteiger partial charge is 0.457 e. The predicted molar refractivity (Wildman–Crippen MR) is 189 cm³/mol. The number of aliphatic hydroxyl groups excluding tert-OH is 1. The molecule has 2 saturated heterocycles. The topological polar surface area (TPSA) is 156 Å². The van der Waals surface area contributed by atoms with Crippen LogP contribution in [0.4, 0.5) is 4.79 Å². The minimum atomic E-state index is -1.45. The lowest BCUT2D eigenvalue weighted by Gasteiger charge is -2.32. The molecule has 0 saturated carbocycles. The van der Waals surface area contributed by atoms with E-state index < -0.39 is 48.0 Å². The molecule has 3 aliphatic heterocycles. The number of epoxide rings is 1. The molecule has 50 heavy (non-hydrogen) atoms. The van der Waals surface area contributed by atoms with Crippen LogP contribution in [0.5, 0.6) is 0 Å². The first-order valence-corrected chi connectivity index (χ1v) is 18.3. The highest BCUT2D eigenvalue weighted by Gasteiger charge is 2.52. The summed E-state index contributed by atoms with van der Waals surface area (Å²) in [6.45, 7) is 16.1. The number of hydrogen-bond donors (Lipinski definition) is 3. The van der Waals surface area contributed by atoms with Crippen LogP contribution in [0.3, 0.4) is 0 Å². The Bertz CT molecular complexity index is 1190. The van der Waals surface area contributed by atoms with Gasteiger partial charge in [-0.2, -0.15) is 0 Å². The fourth-order valence-corrected chi connectivity index (χ4v) is 6.97. The number of methoxy groups -OCH3 is 1. The monoisotopic (exact) mass is 706 g/mol. The molecule has 11 atom stereocenters. The molecule has 0 aromatic carbocycles. The Morgan fingerprint density at radius 1 is 1.18 bits per heavy atom. The molecule has 3 heterocycles. The molecule has 1 amide bonds. The van der Waals surface area contributed by atoms with E-state index in [1.165, 1.54) is 19.8 Å². The molecule has 12 nitrogen and oxygen atoms in total. The van der Waals surface area contributed by atoms with Gasteiger partial charge < -0.3 is 44.1 Å². The Kier molecular flexibility index (Phi) is 16.4. The van der Waals surface area contributed by atoms with E-state index in [9.17, 15) is 24.6 Å². The van der Waals surface area contributed by atoms with E-state index in [1.54, 1.807) is 26.2 Å². The van der Waals surface area contributed by atoms with Crippen LogP contribution in [0.1, 0.15) is 87.0 Å². The number of allylic oxidation sites excluding steroid dienone is 2. The van der Waals surface area contributed by atoms with Crippen LogP contribution < -0.4 is 5.32 Å². The van der Waals surface area contributed by atoms with Crippen molar-refractivity contribution in [1.82, 2.24) is 10.2 Å². The number of esters is 2. The van der Waals surface area contributed by atoms with Gasteiger partial charge in [-0.15, -0.1) is 0 Å². The smallest absolute Gasteiger partial charge is 0.407 e. The van der Waals surface area contributed by atoms with E-state index in [0.717, 1.165) is 31.6 Å². The fraction of sp³-hybridized carbons (Fsp3) is 0.763. The number of amides is 1. The van der Waals surface area contributed by atoms with Crippen molar-refractivity contribution in [1.29, 1.82) is 0 Å². The minimum absolute atomic E-state index is 0.0256. The predicted octanol–water partition coefficient (Wildman–Crippen LogP) is 4.48. The van der Waals surface area contributed by atoms with Crippen LogP contribution in [0.2, 0.25) is 0 Å². The van der Waals surface area contributed by atoms with Gasteiger partial charge in [0.2, 0.25) is 0 Å². The van der Waals surface area contributed by atoms with E-state index >= 15 is 0 Å². The number of rotatable bonds is 14. The van der Waals surface area contributed by atoms with Gasteiger partial charge in [-0.25, -0.2) is 4.79 Å². The zero-order chi connectivity index (χ0) is 37.0. The van der Waals surface area contributed by atoms with E-state index in [-0.39, 0.29) is 55.3 Å². The first-order chi connectivity index (χ1) is 23.7. The second-order valence-electron chi connectivity index (χ2n) is 14.5. The second-order valence-corrected chi connectivity index (χ2v) is 14.5. The van der Waals surface area contributed by atoms with Gasteiger partial charge in [0, 0.05) is 44.9 Å². The zero-order valence-electron chi connectivity index (χ0n) is 31.3. The summed E-state index contributed by atoms with van der Waals surface area (Å²) in [5.74, 6) is -1.55. The average Bonchev–Trinajstić information content (AvgIpc) is 3.68. The Labute approximate surface area is 298 Å². The number of carbonyl (C=O) groups is 3. The van der Waals surface area contributed by atoms with Crippen molar-refractivity contribution in [3.63, 3.8) is 0 Å². The van der Waals surface area contributed by atoms with Gasteiger partial charge in [-0.05, 0) is 70.7 Å². The van der Waals surface area contributed by atoms with E-state index in [0.29, 0.717) is 6.54 Å². The molecule has 0 bridgehead atoms. The third-order valence-electron chi connectivity index (χ3n) is 10.2. The molecule has 0 aliphatic carbocycles. The summed E-state index contributed by atoms with van der Waals surface area (Å²) in [6.07, 6.45) is 8.20. The highest BCUT2D eigenvalue weighted by molar-refractivity contribution is 5.70. The maximum atomic E-state index is 13.0. The van der Waals surface area contributed by atoms with Crippen molar-refractivity contribution < 1.29 is 48.3 Å². The van der Waals surface area contributed by atoms with Crippen LogP contribution in [0.25, 0.3) is 0 Å². The summed E-state index contributed by atoms with van der Waals surface area (Å²) in [5, 5.41) is 24.5. The lowest BCUT2D eigenvalue weighted by atomic mass is 9.88. The van der Waals surface area contributed by atoms with Gasteiger partial charge in [-0.3, -0.25) is 9.59 Å². The van der Waals surface area contributed by atoms with E-state index in [1.807, 2.05) is 39.0 Å². The number of likely N-dealkylation sites (tertiary alicyclic amines) is 1. The van der Waals surface area contributed by atoms with Crippen LogP contribution in [-0.4, -0.2) is 115 Å². The summed E-state index contributed by atoms with van der Waals surface area (Å²) in [5.41, 5.74) is -0.712. The highest BCUT2D eigenvalue weighted by atomic mass is 16.6. The number of nitrogens with one attached hydrogen (secondary N) is 1. The molecule has 3 N–H and O–H groups in total. The second kappa shape index (κ2) is 19.7. The van der Waals surface area contributed by atoms with Crippen molar-refractivity contribution in [3.05, 3.63) is 36.0 Å². The average molecular weight is 707 g/mol. The molecule has 284 valence electrons. The maximum absolute atomic E-state index is 13.0. The van der Waals surface area contributed by atoms with Crippen molar-refractivity contribution in [2.75, 3.05) is 33.3 Å². The highest BCUT2D eigenvalue weighted by Crippen LogP contribution is 2.39. The first kappa shape index (κ1) is 41.6. The van der Waals surface area contributed by atoms with Crippen LogP contribution in [0.15, 0.2) is 36.0 Å². The van der Waals surface area contributed by atoms with Crippen molar-refractivity contribution >= 4 is 18.0 Å². The molecule has 0 aromatic rings. The summed E-state index contributed by atoms with van der Waals surface area (Å²) < 4.78 is 29.1. The maximum Gasteiger partial charge on any atom is 0.407 e. The quantitative estimate of drug-likeness (QED) is 0.0770. The summed E-state index contributed by atoms with van der Waals surface area (Å²) >= 11 is 0. The number of carbonyl (C=O) groups excluding carboxylic acids is 3.